The van der Waals surface area contributed by atoms with Crippen LogP contribution in [0, 0.1) is 12.3 Å². The Labute approximate surface area is 144 Å². The number of hydrogen-bond acceptors (Lipinski definition) is 3. The van der Waals surface area contributed by atoms with Gasteiger partial charge in [0.2, 0.25) is 5.91 Å². The molecule has 1 rings (SSSR count). The van der Waals surface area contributed by atoms with E-state index in [9.17, 15) is 35.9 Å². The van der Waals surface area contributed by atoms with Crippen molar-refractivity contribution in [1.82, 2.24) is 5.32 Å². The lowest BCUT2D eigenvalue weighted by Gasteiger charge is -2.16. The predicted molar refractivity (Wildman–Crippen MR) is 77.5 cm³/mol. The molecular formula is C16H13F6NO3. The van der Waals surface area contributed by atoms with Crippen LogP contribution < -0.4 is 5.32 Å². The Morgan fingerprint density at radius 3 is 2.00 bits per heavy atom. The second kappa shape index (κ2) is 8.12. The number of hydrogen-bond donors (Lipinski definition) is 1. The van der Waals surface area contributed by atoms with Crippen molar-refractivity contribution in [2.24, 2.45) is 0 Å². The molecule has 0 spiro atoms. The number of nitrogens with one attached hydrogen (secondary N) is 1. The fourth-order valence-corrected chi connectivity index (χ4v) is 2.01. The van der Waals surface area contributed by atoms with Crippen LogP contribution in [0.25, 0.3) is 0 Å². The highest BCUT2D eigenvalue weighted by Crippen LogP contribution is 2.36. The lowest BCUT2D eigenvalue weighted by molar-refractivity contribution is -0.144. The summed E-state index contributed by atoms with van der Waals surface area (Å²) in [4.78, 5) is 23.3. The Morgan fingerprint density at radius 1 is 1.12 bits per heavy atom. The van der Waals surface area contributed by atoms with Crippen LogP contribution in [-0.4, -0.2) is 25.0 Å². The topological polar surface area (TPSA) is 55.4 Å². The van der Waals surface area contributed by atoms with E-state index in [0.29, 0.717) is 12.1 Å². The zero-order valence-electron chi connectivity index (χ0n) is 13.3. The van der Waals surface area contributed by atoms with E-state index in [1.54, 1.807) is 0 Å². The number of alkyl halides is 6. The van der Waals surface area contributed by atoms with Gasteiger partial charge in [-0.25, -0.2) is 4.79 Å². The number of carbonyl (C=O) groups excluding carboxylic acids is 2. The van der Waals surface area contributed by atoms with Gasteiger partial charge in [-0.1, -0.05) is 0 Å². The van der Waals surface area contributed by atoms with Crippen LogP contribution in [0.2, 0.25) is 0 Å². The van der Waals surface area contributed by atoms with Crippen molar-refractivity contribution in [1.29, 1.82) is 0 Å². The van der Waals surface area contributed by atoms with E-state index in [0.717, 1.165) is 7.11 Å². The van der Waals surface area contributed by atoms with Crippen molar-refractivity contribution in [3.8, 4) is 12.3 Å². The molecule has 26 heavy (non-hydrogen) atoms. The van der Waals surface area contributed by atoms with E-state index in [1.807, 2.05) is 0 Å². The second-order valence-corrected chi connectivity index (χ2v) is 5.14. The van der Waals surface area contributed by atoms with Crippen LogP contribution in [0.5, 0.6) is 0 Å². The monoisotopic (exact) mass is 381 g/mol. The van der Waals surface area contributed by atoms with E-state index in [2.05, 4.69) is 16.0 Å². The first-order valence-electron chi connectivity index (χ1n) is 6.97. The number of methoxy groups -OCH3 is 1. The quantitative estimate of drug-likeness (QED) is 0.485. The largest absolute Gasteiger partial charge is 0.467 e. The minimum Gasteiger partial charge on any atom is -0.467 e. The number of amides is 1. The Morgan fingerprint density at radius 2 is 1.62 bits per heavy atom. The minimum absolute atomic E-state index is 0.0446. The zero-order valence-corrected chi connectivity index (χ0v) is 13.3. The molecule has 142 valence electrons. The van der Waals surface area contributed by atoms with Gasteiger partial charge in [-0.15, -0.1) is 12.3 Å². The van der Waals surface area contributed by atoms with Crippen LogP contribution in [0.3, 0.4) is 0 Å². The van der Waals surface area contributed by atoms with E-state index in [-0.39, 0.29) is 12.5 Å². The number of benzene rings is 1. The average Bonchev–Trinajstić information content (AvgIpc) is 2.51. The van der Waals surface area contributed by atoms with Gasteiger partial charge in [-0.2, -0.15) is 26.3 Å². The summed E-state index contributed by atoms with van der Waals surface area (Å²) in [5.41, 5.74) is -3.60. The molecule has 4 nitrogen and oxygen atoms in total. The fraction of sp³-hybridized carbons (Fsp3) is 0.375. The maximum absolute atomic E-state index is 12.8. The molecule has 10 heteroatoms. The van der Waals surface area contributed by atoms with E-state index >= 15 is 0 Å². The lowest BCUT2D eigenvalue weighted by Crippen LogP contribution is -2.42. The maximum Gasteiger partial charge on any atom is 0.416 e. The molecule has 0 heterocycles. The molecule has 0 radical (unpaired) electrons. The zero-order chi connectivity index (χ0) is 20.1. The Balaban J connectivity index is 3.10. The van der Waals surface area contributed by atoms with E-state index in [1.165, 1.54) is 0 Å². The van der Waals surface area contributed by atoms with Crippen molar-refractivity contribution in [3.05, 3.63) is 34.9 Å². The maximum atomic E-state index is 12.8. The first-order chi connectivity index (χ1) is 11.9. The summed E-state index contributed by atoms with van der Waals surface area (Å²) in [5.74, 6) is 0.222. The summed E-state index contributed by atoms with van der Waals surface area (Å²) in [6, 6.07) is -0.436. The van der Waals surface area contributed by atoms with Gasteiger partial charge in [0.15, 0.2) is 0 Å². The van der Waals surface area contributed by atoms with Gasteiger partial charge in [0, 0.05) is 6.42 Å². The van der Waals surface area contributed by atoms with Gasteiger partial charge < -0.3 is 10.1 Å². The van der Waals surface area contributed by atoms with Crippen molar-refractivity contribution >= 4 is 11.9 Å². The van der Waals surface area contributed by atoms with Gasteiger partial charge in [0.1, 0.15) is 6.04 Å². The Hall–Kier alpha value is -2.70. The third-order valence-corrected chi connectivity index (χ3v) is 3.16. The van der Waals surface area contributed by atoms with E-state index < -0.39 is 53.4 Å². The molecule has 0 unspecified atom stereocenters. The van der Waals surface area contributed by atoms with Gasteiger partial charge in [-0.3, -0.25) is 4.79 Å². The van der Waals surface area contributed by atoms with Gasteiger partial charge in [0.05, 0.1) is 24.7 Å². The molecule has 0 bridgehead atoms. The van der Waals surface area contributed by atoms with E-state index in [4.69, 9.17) is 6.42 Å². The van der Waals surface area contributed by atoms with Crippen molar-refractivity contribution in [2.75, 3.05) is 7.11 Å². The van der Waals surface area contributed by atoms with Gasteiger partial charge >= 0.3 is 18.3 Å². The second-order valence-electron chi connectivity index (χ2n) is 5.14. The molecular weight excluding hydrogens is 368 g/mol. The van der Waals surface area contributed by atoms with Crippen LogP contribution in [0.4, 0.5) is 26.3 Å². The minimum atomic E-state index is -5.02. The molecule has 0 saturated heterocycles. The molecule has 0 aliphatic rings. The first kappa shape index (κ1) is 21.3. The van der Waals surface area contributed by atoms with Crippen LogP contribution >= 0.6 is 0 Å². The van der Waals surface area contributed by atoms with Crippen LogP contribution in [0.1, 0.15) is 23.1 Å². The molecule has 0 aromatic heterocycles. The molecule has 1 amide bonds. The molecule has 1 aromatic rings. The van der Waals surface area contributed by atoms with Gasteiger partial charge in [0.25, 0.3) is 0 Å². The molecule has 1 aromatic carbocycles. The summed E-state index contributed by atoms with van der Waals surface area (Å²) in [7, 11) is 1.03. The SMILES string of the molecule is C#CC[C@@H](NC(=O)Cc1cc(C(F)(F)F)cc(C(F)(F)F)c1)C(=O)OC. The highest BCUT2D eigenvalue weighted by Gasteiger charge is 2.37. The number of halogens is 6. The molecule has 1 N–H and O–H groups in total. The van der Waals surface area contributed by atoms with Gasteiger partial charge in [-0.05, 0) is 23.8 Å². The third-order valence-electron chi connectivity index (χ3n) is 3.16. The van der Waals surface area contributed by atoms with Crippen LogP contribution in [0.15, 0.2) is 18.2 Å². The Bertz CT molecular complexity index is 686. The highest BCUT2D eigenvalue weighted by atomic mass is 19.4. The normalized spacial score (nSPS) is 12.8. The third kappa shape index (κ3) is 5.98. The Kier molecular flexibility index (Phi) is 6.66. The fourth-order valence-electron chi connectivity index (χ4n) is 2.01. The summed E-state index contributed by atoms with van der Waals surface area (Å²) in [6.45, 7) is 0. The molecule has 0 fully saturated rings. The van der Waals surface area contributed by atoms with Crippen molar-refractivity contribution in [3.63, 3.8) is 0 Å². The molecule has 1 atom stereocenters. The summed E-state index contributed by atoms with van der Waals surface area (Å²) >= 11 is 0. The lowest BCUT2D eigenvalue weighted by atomic mass is 10.0. The first-order valence-corrected chi connectivity index (χ1v) is 6.97. The molecule has 0 aliphatic carbocycles. The number of ether oxygens (including phenoxy) is 1. The highest BCUT2D eigenvalue weighted by molar-refractivity contribution is 5.85. The summed E-state index contributed by atoms with van der Waals surface area (Å²) in [5, 5.41) is 2.12. The summed E-state index contributed by atoms with van der Waals surface area (Å²) < 4.78 is 81.1. The smallest absolute Gasteiger partial charge is 0.416 e. The molecule has 0 saturated carbocycles. The number of esters is 1. The van der Waals surface area contributed by atoms with Crippen molar-refractivity contribution in [2.45, 2.75) is 31.2 Å². The molecule has 0 aliphatic heterocycles. The predicted octanol–water partition coefficient (Wildman–Crippen LogP) is 2.95. The standard InChI is InChI=1S/C16H13F6NO3/c1-3-4-12(14(25)26-2)23-13(24)7-9-5-10(15(17,18)19)8-11(6-9)16(20,21)22/h1,5-6,8,12H,4,7H2,2H3,(H,23,24)/t12-/m1/s1. The number of terminal acetylenes is 1. The number of carbonyl (C=O) groups is 2. The number of rotatable bonds is 5. The average molecular weight is 381 g/mol. The van der Waals surface area contributed by atoms with Crippen molar-refractivity contribution < 1.29 is 40.7 Å². The summed E-state index contributed by atoms with van der Waals surface area (Å²) in [6.07, 6.45) is -6.09. The van der Waals surface area contributed by atoms with Crippen LogP contribution in [-0.2, 0) is 33.1 Å².